The van der Waals surface area contributed by atoms with Crippen molar-refractivity contribution in [2.45, 2.75) is 26.3 Å². The number of rotatable bonds is 9. The molecule has 0 radical (unpaired) electrons. The molecule has 2 rings (SSSR count). The molecule has 0 fully saturated rings. The maximum absolute atomic E-state index is 8.56. The van der Waals surface area contributed by atoms with Crippen LogP contribution in [0.1, 0.15) is 24.5 Å². The van der Waals surface area contributed by atoms with Crippen molar-refractivity contribution in [3.8, 4) is 6.07 Å². The number of nitriles is 1. The summed E-state index contributed by atoms with van der Waals surface area (Å²) in [6.07, 6.45) is 1.48. The Morgan fingerprint density at radius 1 is 1.00 bits per heavy atom. The molecule has 0 aliphatic carbocycles. The van der Waals surface area contributed by atoms with Crippen LogP contribution in [-0.2, 0) is 17.7 Å². The second kappa shape index (κ2) is 9.66. The van der Waals surface area contributed by atoms with Crippen LogP contribution in [0, 0.1) is 11.3 Å². The van der Waals surface area contributed by atoms with E-state index in [0.29, 0.717) is 19.6 Å². The van der Waals surface area contributed by atoms with E-state index in [0.717, 1.165) is 19.5 Å². The molecule has 0 heterocycles. The number of nitrogens with zero attached hydrogens (tertiary/aromatic N) is 2. The Kier molecular flexibility index (Phi) is 7.16. The quantitative estimate of drug-likeness (QED) is 0.652. The fourth-order valence-corrected chi connectivity index (χ4v) is 2.47. The summed E-state index contributed by atoms with van der Waals surface area (Å²) in [6, 6.07) is 21.2. The summed E-state index contributed by atoms with van der Waals surface area (Å²) < 4.78 is 5.56. The fourth-order valence-electron chi connectivity index (χ4n) is 2.47. The van der Waals surface area contributed by atoms with Gasteiger partial charge in [0.25, 0.3) is 0 Å². The first-order chi connectivity index (χ1) is 11.3. The van der Waals surface area contributed by atoms with Gasteiger partial charge in [0.2, 0.25) is 0 Å². The van der Waals surface area contributed by atoms with Crippen molar-refractivity contribution in [2.24, 2.45) is 0 Å². The lowest BCUT2D eigenvalue weighted by Gasteiger charge is -2.25. The highest BCUT2D eigenvalue weighted by Crippen LogP contribution is 2.19. The Hall–Kier alpha value is -2.31. The minimum absolute atomic E-state index is 0.448. The molecular formula is C20H24N2O. The molecule has 0 aliphatic rings. The third-order valence-corrected chi connectivity index (χ3v) is 3.76. The summed E-state index contributed by atoms with van der Waals surface area (Å²) >= 11 is 0. The van der Waals surface area contributed by atoms with Crippen molar-refractivity contribution in [2.75, 3.05) is 24.7 Å². The molecule has 0 bridgehead atoms. The van der Waals surface area contributed by atoms with Crippen molar-refractivity contribution >= 4 is 5.69 Å². The van der Waals surface area contributed by atoms with Gasteiger partial charge >= 0.3 is 0 Å². The lowest BCUT2D eigenvalue weighted by molar-refractivity contribution is 0.145. The Morgan fingerprint density at radius 3 is 2.52 bits per heavy atom. The average Bonchev–Trinajstić information content (AvgIpc) is 2.61. The molecule has 0 atom stereocenters. The van der Waals surface area contributed by atoms with E-state index in [4.69, 9.17) is 10.00 Å². The number of hydrogen-bond donors (Lipinski definition) is 0. The number of benzene rings is 2. The average molecular weight is 308 g/mol. The second-order valence-corrected chi connectivity index (χ2v) is 5.45. The van der Waals surface area contributed by atoms with Crippen molar-refractivity contribution in [3.05, 3.63) is 65.7 Å². The van der Waals surface area contributed by atoms with Crippen LogP contribution < -0.4 is 4.90 Å². The zero-order chi connectivity index (χ0) is 16.3. The zero-order valence-electron chi connectivity index (χ0n) is 13.7. The van der Waals surface area contributed by atoms with Crippen LogP contribution in [0.25, 0.3) is 0 Å². The predicted molar refractivity (Wildman–Crippen MR) is 94.4 cm³/mol. The molecule has 0 aromatic heterocycles. The summed E-state index contributed by atoms with van der Waals surface area (Å²) in [6.45, 7) is 4.98. The van der Waals surface area contributed by atoms with Gasteiger partial charge in [-0.15, -0.1) is 0 Å². The predicted octanol–water partition coefficient (Wildman–Crippen LogP) is 4.19. The van der Waals surface area contributed by atoms with Crippen molar-refractivity contribution in [1.29, 1.82) is 5.26 Å². The maximum atomic E-state index is 8.56. The number of hydrogen-bond acceptors (Lipinski definition) is 3. The Bertz CT molecular complexity index is 619. The van der Waals surface area contributed by atoms with Crippen molar-refractivity contribution < 1.29 is 4.74 Å². The molecule has 0 amide bonds. The maximum Gasteiger partial charge on any atom is 0.0645 e. The molecule has 0 spiro atoms. The number of ether oxygens (including phenoxy) is 1. The molecule has 2 aromatic rings. The lowest BCUT2D eigenvalue weighted by atomic mass is 10.1. The van der Waals surface area contributed by atoms with E-state index in [1.54, 1.807) is 0 Å². The highest BCUT2D eigenvalue weighted by atomic mass is 16.5. The molecular weight excluding hydrogens is 284 g/mol. The van der Waals surface area contributed by atoms with Crippen LogP contribution in [0.2, 0.25) is 0 Å². The summed E-state index contributed by atoms with van der Waals surface area (Å²) in [5.74, 6) is 0. The van der Waals surface area contributed by atoms with Crippen LogP contribution in [0.5, 0.6) is 0 Å². The van der Waals surface area contributed by atoms with E-state index in [-0.39, 0.29) is 0 Å². The molecule has 23 heavy (non-hydrogen) atoms. The third-order valence-electron chi connectivity index (χ3n) is 3.76. The van der Waals surface area contributed by atoms with Crippen LogP contribution in [0.4, 0.5) is 5.69 Å². The van der Waals surface area contributed by atoms with Crippen LogP contribution in [0.3, 0.4) is 0 Å². The third kappa shape index (κ3) is 5.77. The molecule has 3 nitrogen and oxygen atoms in total. The fraction of sp³-hybridized carbons (Fsp3) is 0.350. The molecule has 0 unspecified atom stereocenters. The van der Waals surface area contributed by atoms with Gasteiger partial charge in [-0.25, -0.2) is 0 Å². The number of anilines is 1. The standard InChI is InChI=1S/C20H24N2O/c1-2-18-10-6-11-20(16-18)22(13-15-23-14-7-12-21)17-19-8-4-3-5-9-19/h3-6,8-11,16H,2,7,13-15,17H2,1H3. The Morgan fingerprint density at radius 2 is 1.78 bits per heavy atom. The van der Waals surface area contributed by atoms with Gasteiger partial charge in [-0.1, -0.05) is 49.4 Å². The topological polar surface area (TPSA) is 36.3 Å². The van der Waals surface area contributed by atoms with Crippen LogP contribution in [-0.4, -0.2) is 19.8 Å². The SMILES string of the molecule is CCc1cccc(N(CCOCCC#N)Cc2ccccc2)c1. The molecule has 2 aromatic carbocycles. The minimum atomic E-state index is 0.448. The van der Waals surface area contributed by atoms with Crippen molar-refractivity contribution in [1.82, 2.24) is 0 Å². The highest BCUT2D eigenvalue weighted by Gasteiger charge is 2.08. The smallest absolute Gasteiger partial charge is 0.0645 e. The first-order valence-electron chi connectivity index (χ1n) is 8.16. The molecule has 0 saturated carbocycles. The van der Waals surface area contributed by atoms with E-state index in [1.165, 1.54) is 16.8 Å². The van der Waals surface area contributed by atoms with E-state index >= 15 is 0 Å². The van der Waals surface area contributed by atoms with E-state index < -0.39 is 0 Å². The van der Waals surface area contributed by atoms with Gasteiger partial charge in [0.05, 0.1) is 25.7 Å². The monoisotopic (exact) mass is 308 g/mol. The Labute approximate surface area is 139 Å². The first-order valence-corrected chi connectivity index (χ1v) is 8.16. The highest BCUT2D eigenvalue weighted by molar-refractivity contribution is 5.49. The first kappa shape index (κ1) is 17.1. The zero-order valence-corrected chi connectivity index (χ0v) is 13.7. The van der Waals surface area contributed by atoms with Gasteiger partial charge in [-0.2, -0.15) is 5.26 Å². The summed E-state index contributed by atoms with van der Waals surface area (Å²) in [7, 11) is 0. The number of aryl methyl sites for hydroxylation is 1. The van der Waals surface area contributed by atoms with Crippen LogP contribution >= 0.6 is 0 Å². The van der Waals surface area contributed by atoms with E-state index in [1.807, 2.05) is 6.07 Å². The molecule has 0 saturated heterocycles. The van der Waals surface area contributed by atoms with Gasteiger partial charge in [-0.05, 0) is 29.7 Å². The lowest BCUT2D eigenvalue weighted by Crippen LogP contribution is -2.27. The second-order valence-electron chi connectivity index (χ2n) is 5.45. The summed E-state index contributed by atoms with van der Waals surface area (Å²) in [5.41, 5.74) is 3.84. The minimum Gasteiger partial charge on any atom is -0.379 e. The normalized spacial score (nSPS) is 10.3. The van der Waals surface area contributed by atoms with Gasteiger partial charge in [0.15, 0.2) is 0 Å². The van der Waals surface area contributed by atoms with Gasteiger partial charge in [0, 0.05) is 18.8 Å². The van der Waals surface area contributed by atoms with Gasteiger partial charge in [-0.3, -0.25) is 0 Å². The van der Waals surface area contributed by atoms with Crippen LogP contribution in [0.15, 0.2) is 54.6 Å². The Balaban J connectivity index is 2.05. The van der Waals surface area contributed by atoms with Gasteiger partial charge < -0.3 is 9.64 Å². The largest absolute Gasteiger partial charge is 0.379 e. The molecule has 120 valence electrons. The molecule has 0 N–H and O–H groups in total. The molecule has 0 aliphatic heterocycles. The summed E-state index contributed by atoms with van der Waals surface area (Å²) in [4.78, 5) is 2.33. The van der Waals surface area contributed by atoms with E-state index in [9.17, 15) is 0 Å². The summed E-state index contributed by atoms with van der Waals surface area (Å²) in [5, 5.41) is 8.56. The van der Waals surface area contributed by atoms with Gasteiger partial charge in [0.1, 0.15) is 0 Å². The molecule has 3 heteroatoms. The van der Waals surface area contributed by atoms with E-state index in [2.05, 4.69) is 66.4 Å². The van der Waals surface area contributed by atoms with Crippen molar-refractivity contribution in [3.63, 3.8) is 0 Å².